The van der Waals surface area contributed by atoms with Crippen LogP contribution in [-0.4, -0.2) is 30.1 Å². The van der Waals surface area contributed by atoms with Gasteiger partial charge in [0.25, 0.3) is 0 Å². The summed E-state index contributed by atoms with van der Waals surface area (Å²) >= 11 is 0. The molecule has 0 spiro atoms. The molecule has 116 valence electrons. The van der Waals surface area contributed by atoms with Crippen molar-refractivity contribution in [2.75, 3.05) is 19.6 Å². The van der Waals surface area contributed by atoms with Crippen molar-refractivity contribution in [2.24, 2.45) is 28.9 Å². The predicted molar refractivity (Wildman–Crippen MR) is 85.6 cm³/mol. The Kier molecular flexibility index (Phi) is 3.92. The summed E-state index contributed by atoms with van der Waals surface area (Å²) in [5.41, 5.74) is 7.11. The minimum Gasteiger partial charge on any atom is -0.329 e. The standard InChI is InChI=1S/C18H34N2/c1-17(2,3)16-7-9-18(13-19,10-8-16)20-11-14-5-4-6-15(14)12-20/h14-16H,4-13,19H2,1-3H3. The first-order chi connectivity index (χ1) is 9.44. The third kappa shape index (κ3) is 2.54. The second-order valence-electron chi connectivity index (χ2n) is 8.92. The zero-order valence-corrected chi connectivity index (χ0v) is 13.8. The zero-order chi connectivity index (χ0) is 14.4. The van der Waals surface area contributed by atoms with Gasteiger partial charge in [-0.2, -0.15) is 0 Å². The highest BCUT2D eigenvalue weighted by atomic mass is 15.2. The van der Waals surface area contributed by atoms with E-state index in [0.717, 1.165) is 24.3 Å². The highest BCUT2D eigenvalue weighted by Crippen LogP contribution is 2.47. The number of fused-ring (bicyclic) bond motifs is 1. The van der Waals surface area contributed by atoms with Gasteiger partial charge in [-0.05, 0) is 61.7 Å². The maximum absolute atomic E-state index is 6.28. The fraction of sp³-hybridized carbons (Fsp3) is 1.00. The number of hydrogen-bond acceptors (Lipinski definition) is 2. The molecule has 2 unspecified atom stereocenters. The van der Waals surface area contributed by atoms with Gasteiger partial charge in [0, 0.05) is 25.2 Å². The quantitative estimate of drug-likeness (QED) is 0.835. The minimum absolute atomic E-state index is 0.353. The lowest BCUT2D eigenvalue weighted by molar-refractivity contribution is 0.0315. The highest BCUT2D eigenvalue weighted by molar-refractivity contribution is 5.02. The molecule has 0 amide bonds. The van der Waals surface area contributed by atoms with E-state index in [9.17, 15) is 0 Å². The van der Waals surface area contributed by atoms with Gasteiger partial charge in [0.2, 0.25) is 0 Å². The molecule has 2 nitrogen and oxygen atoms in total. The number of rotatable bonds is 2. The maximum atomic E-state index is 6.28. The molecule has 3 rings (SSSR count). The van der Waals surface area contributed by atoms with Gasteiger partial charge < -0.3 is 5.73 Å². The van der Waals surface area contributed by atoms with E-state index in [1.165, 1.54) is 58.0 Å². The van der Waals surface area contributed by atoms with E-state index < -0.39 is 0 Å². The Morgan fingerprint density at radius 3 is 2.00 bits per heavy atom. The van der Waals surface area contributed by atoms with Crippen molar-refractivity contribution in [1.82, 2.24) is 4.90 Å². The second-order valence-corrected chi connectivity index (χ2v) is 8.92. The Bertz CT molecular complexity index is 324. The molecule has 0 aromatic heterocycles. The van der Waals surface area contributed by atoms with Crippen LogP contribution in [0.3, 0.4) is 0 Å². The second kappa shape index (κ2) is 5.28. The number of likely N-dealkylation sites (tertiary alicyclic amines) is 1. The van der Waals surface area contributed by atoms with E-state index in [1.54, 1.807) is 0 Å². The molecule has 0 aromatic rings. The monoisotopic (exact) mass is 278 g/mol. The average Bonchev–Trinajstić information content (AvgIpc) is 2.98. The summed E-state index contributed by atoms with van der Waals surface area (Å²) in [6.45, 7) is 10.8. The van der Waals surface area contributed by atoms with Crippen molar-refractivity contribution in [1.29, 1.82) is 0 Å². The van der Waals surface area contributed by atoms with Crippen LogP contribution in [0.4, 0.5) is 0 Å². The molecule has 2 saturated carbocycles. The van der Waals surface area contributed by atoms with Gasteiger partial charge >= 0.3 is 0 Å². The van der Waals surface area contributed by atoms with Crippen LogP contribution in [0.2, 0.25) is 0 Å². The van der Waals surface area contributed by atoms with Gasteiger partial charge in [-0.15, -0.1) is 0 Å². The number of nitrogens with zero attached hydrogens (tertiary/aromatic N) is 1. The van der Waals surface area contributed by atoms with Crippen LogP contribution in [0.1, 0.15) is 65.7 Å². The van der Waals surface area contributed by atoms with Gasteiger partial charge in [-0.1, -0.05) is 27.2 Å². The summed E-state index contributed by atoms with van der Waals surface area (Å²) < 4.78 is 0. The van der Waals surface area contributed by atoms with Crippen molar-refractivity contribution < 1.29 is 0 Å². The molecule has 0 radical (unpaired) electrons. The lowest BCUT2D eigenvalue weighted by Gasteiger charge is -2.48. The van der Waals surface area contributed by atoms with Crippen molar-refractivity contribution in [2.45, 2.75) is 71.3 Å². The summed E-state index contributed by atoms with van der Waals surface area (Å²) in [6, 6.07) is 0. The summed E-state index contributed by atoms with van der Waals surface area (Å²) in [5, 5.41) is 0. The minimum atomic E-state index is 0.353. The van der Waals surface area contributed by atoms with E-state index in [0.29, 0.717) is 11.0 Å². The van der Waals surface area contributed by atoms with Crippen LogP contribution < -0.4 is 5.73 Å². The molecule has 2 aliphatic carbocycles. The summed E-state index contributed by atoms with van der Waals surface area (Å²) in [4.78, 5) is 2.82. The van der Waals surface area contributed by atoms with Crippen molar-refractivity contribution in [3.63, 3.8) is 0 Å². The van der Waals surface area contributed by atoms with E-state index in [-0.39, 0.29) is 0 Å². The van der Waals surface area contributed by atoms with Crippen LogP contribution in [-0.2, 0) is 0 Å². The van der Waals surface area contributed by atoms with E-state index in [4.69, 9.17) is 5.73 Å². The molecule has 2 atom stereocenters. The molecule has 0 bridgehead atoms. The van der Waals surface area contributed by atoms with Crippen molar-refractivity contribution >= 4 is 0 Å². The summed E-state index contributed by atoms with van der Waals surface area (Å²) in [5.74, 6) is 2.89. The smallest absolute Gasteiger partial charge is 0.0332 e. The Hall–Kier alpha value is -0.0800. The summed E-state index contributed by atoms with van der Waals surface area (Å²) in [6.07, 6.45) is 9.87. The third-order valence-corrected chi connectivity index (χ3v) is 6.92. The molecular weight excluding hydrogens is 244 g/mol. The molecule has 3 fully saturated rings. The molecule has 2 heteroatoms. The van der Waals surface area contributed by atoms with Gasteiger partial charge in [-0.3, -0.25) is 4.90 Å². The lowest BCUT2D eigenvalue weighted by atomic mass is 9.67. The van der Waals surface area contributed by atoms with Gasteiger partial charge in [0.15, 0.2) is 0 Å². The van der Waals surface area contributed by atoms with E-state index in [1.807, 2.05) is 0 Å². The molecule has 1 heterocycles. The summed E-state index contributed by atoms with van der Waals surface area (Å²) in [7, 11) is 0. The van der Waals surface area contributed by atoms with Crippen LogP contribution >= 0.6 is 0 Å². The number of hydrogen-bond donors (Lipinski definition) is 1. The van der Waals surface area contributed by atoms with E-state index >= 15 is 0 Å². The first kappa shape index (κ1) is 14.8. The first-order valence-corrected chi connectivity index (χ1v) is 8.90. The zero-order valence-electron chi connectivity index (χ0n) is 13.8. The molecule has 3 aliphatic rings. The maximum Gasteiger partial charge on any atom is 0.0332 e. The fourth-order valence-electron chi connectivity index (χ4n) is 5.29. The third-order valence-electron chi connectivity index (χ3n) is 6.92. The van der Waals surface area contributed by atoms with Crippen LogP contribution in [0.5, 0.6) is 0 Å². The Morgan fingerprint density at radius 1 is 1.00 bits per heavy atom. The van der Waals surface area contributed by atoms with Gasteiger partial charge in [0.05, 0.1) is 0 Å². The average molecular weight is 278 g/mol. The van der Waals surface area contributed by atoms with Crippen molar-refractivity contribution in [3.8, 4) is 0 Å². The molecule has 0 aromatic carbocycles. The largest absolute Gasteiger partial charge is 0.329 e. The molecule has 1 saturated heterocycles. The lowest BCUT2D eigenvalue weighted by Crippen LogP contribution is -2.55. The Morgan fingerprint density at radius 2 is 1.55 bits per heavy atom. The molecule has 1 aliphatic heterocycles. The SMILES string of the molecule is CC(C)(C)C1CCC(CN)(N2CC3CCCC3C2)CC1. The highest BCUT2D eigenvalue weighted by Gasteiger charge is 2.47. The van der Waals surface area contributed by atoms with E-state index in [2.05, 4.69) is 25.7 Å². The predicted octanol–water partition coefficient (Wildman–Crippen LogP) is 3.65. The topological polar surface area (TPSA) is 29.3 Å². The van der Waals surface area contributed by atoms with Crippen LogP contribution in [0.25, 0.3) is 0 Å². The van der Waals surface area contributed by atoms with Crippen molar-refractivity contribution in [3.05, 3.63) is 0 Å². The fourth-order valence-corrected chi connectivity index (χ4v) is 5.29. The Labute approximate surface area is 125 Å². The normalized spacial score (nSPS) is 42.9. The Balaban J connectivity index is 1.65. The van der Waals surface area contributed by atoms with Gasteiger partial charge in [0.1, 0.15) is 0 Å². The van der Waals surface area contributed by atoms with Crippen LogP contribution in [0.15, 0.2) is 0 Å². The van der Waals surface area contributed by atoms with Crippen LogP contribution in [0, 0.1) is 23.2 Å². The molecule has 2 N–H and O–H groups in total. The molecular formula is C18H34N2. The molecule has 20 heavy (non-hydrogen) atoms. The number of nitrogens with two attached hydrogens (primary N) is 1. The first-order valence-electron chi connectivity index (χ1n) is 8.90. The van der Waals surface area contributed by atoms with Gasteiger partial charge in [-0.25, -0.2) is 0 Å².